The van der Waals surface area contributed by atoms with Crippen LogP contribution < -0.4 is 0 Å². The second kappa shape index (κ2) is 9.19. The maximum Gasteiger partial charge on any atom is 0.145 e. The van der Waals surface area contributed by atoms with Gasteiger partial charge in [0, 0.05) is 0 Å². The Morgan fingerprint density at radius 3 is 1.46 bits per heavy atom. The molecule has 8 nitrogen and oxygen atoms in total. The minimum Gasteiger partial charge on any atom is -0.378 e. The summed E-state index contributed by atoms with van der Waals surface area (Å²) in [5.74, 6) is 0. The molecule has 0 bridgehead atoms. The highest BCUT2D eigenvalue weighted by Crippen LogP contribution is 2.23. The van der Waals surface area contributed by atoms with Crippen molar-refractivity contribution >= 4 is 6.29 Å². The summed E-state index contributed by atoms with van der Waals surface area (Å²) in [5, 5.41) is 0. The van der Waals surface area contributed by atoms with Crippen molar-refractivity contribution in [3.63, 3.8) is 0 Å². The van der Waals surface area contributed by atoms with Crippen LogP contribution in [0.1, 0.15) is 0 Å². The summed E-state index contributed by atoms with van der Waals surface area (Å²) in [4.78, 5) is 10.6. The highest BCUT2D eigenvalue weighted by atomic mass is 16.6. The number of aldehydes is 1. The second-order valence-electron chi connectivity index (χ2n) is 6.59. The third kappa shape index (κ3) is 7.10. The van der Waals surface area contributed by atoms with Gasteiger partial charge in [-0.2, -0.15) is 0 Å². The van der Waals surface area contributed by atoms with Gasteiger partial charge < -0.3 is 38.0 Å². The van der Waals surface area contributed by atoms with Crippen molar-refractivity contribution in [3.05, 3.63) is 0 Å². The average molecular weight is 346 g/mol. The zero-order valence-corrected chi connectivity index (χ0v) is 13.9. The molecule has 0 aromatic carbocycles. The number of rotatable bonds is 16. The molecule has 3 rings (SSSR count). The van der Waals surface area contributed by atoms with E-state index in [1.165, 1.54) is 0 Å². The summed E-state index contributed by atoms with van der Waals surface area (Å²) < 4.78 is 38.3. The van der Waals surface area contributed by atoms with Crippen LogP contribution in [0.5, 0.6) is 0 Å². The van der Waals surface area contributed by atoms with Crippen LogP contribution in [0, 0.1) is 5.41 Å². The van der Waals surface area contributed by atoms with Gasteiger partial charge in [-0.15, -0.1) is 0 Å². The van der Waals surface area contributed by atoms with Gasteiger partial charge in [-0.1, -0.05) is 0 Å². The zero-order valence-electron chi connectivity index (χ0n) is 13.9. The van der Waals surface area contributed by atoms with Crippen LogP contribution in [-0.2, 0) is 38.0 Å². The van der Waals surface area contributed by atoms with E-state index >= 15 is 0 Å². The number of carbonyl (C=O) groups excluding carboxylic acids is 1. The summed E-state index contributed by atoms with van der Waals surface area (Å²) in [5.41, 5.74) is -0.471. The lowest BCUT2D eigenvalue weighted by Gasteiger charge is -2.32. The van der Waals surface area contributed by atoms with Crippen LogP contribution >= 0.6 is 0 Å². The fourth-order valence-corrected chi connectivity index (χ4v) is 2.29. The standard InChI is InChI=1S/C16H26O8/c17-1-2-18-9-16(10-19-3-13-6-22-13,11-20-4-14-7-23-14)12-21-5-15-8-24-15/h1,13-15H,2-12H2. The summed E-state index contributed by atoms with van der Waals surface area (Å²) in [6.07, 6.45) is 1.32. The first-order valence-corrected chi connectivity index (χ1v) is 8.39. The van der Waals surface area contributed by atoms with Gasteiger partial charge in [-0.25, -0.2) is 0 Å². The molecule has 0 N–H and O–H groups in total. The quantitative estimate of drug-likeness (QED) is 0.209. The van der Waals surface area contributed by atoms with Crippen LogP contribution in [0.2, 0.25) is 0 Å². The van der Waals surface area contributed by atoms with E-state index in [0.717, 1.165) is 26.1 Å². The fraction of sp³-hybridized carbons (Fsp3) is 0.938. The van der Waals surface area contributed by atoms with Gasteiger partial charge in [0.1, 0.15) is 31.2 Å². The van der Waals surface area contributed by atoms with Crippen LogP contribution in [0.15, 0.2) is 0 Å². The number of hydrogen-bond acceptors (Lipinski definition) is 8. The predicted octanol–water partition coefficient (Wildman–Crippen LogP) is -0.565. The third-order valence-electron chi connectivity index (χ3n) is 3.94. The molecule has 0 spiro atoms. The molecular formula is C16H26O8. The predicted molar refractivity (Wildman–Crippen MR) is 81.0 cm³/mol. The number of hydrogen-bond donors (Lipinski definition) is 0. The molecule has 0 saturated carbocycles. The smallest absolute Gasteiger partial charge is 0.145 e. The largest absolute Gasteiger partial charge is 0.378 e. The van der Waals surface area contributed by atoms with Crippen LogP contribution in [-0.4, -0.2) is 97.3 Å². The van der Waals surface area contributed by atoms with Crippen molar-refractivity contribution in [3.8, 4) is 0 Å². The molecule has 3 fully saturated rings. The highest BCUT2D eigenvalue weighted by molar-refractivity contribution is 5.50. The van der Waals surface area contributed by atoms with Crippen LogP contribution in [0.25, 0.3) is 0 Å². The van der Waals surface area contributed by atoms with E-state index in [1.54, 1.807) is 0 Å². The first kappa shape index (κ1) is 18.2. The first-order chi connectivity index (χ1) is 11.8. The highest BCUT2D eigenvalue weighted by Gasteiger charge is 2.36. The van der Waals surface area contributed by atoms with E-state index in [1.807, 2.05) is 0 Å². The zero-order chi connectivity index (χ0) is 16.7. The molecule has 3 saturated heterocycles. The molecule has 3 heterocycles. The maximum absolute atomic E-state index is 10.6. The van der Waals surface area contributed by atoms with Gasteiger partial charge in [-0.3, -0.25) is 0 Å². The van der Waals surface area contributed by atoms with Crippen molar-refractivity contribution in [2.45, 2.75) is 18.3 Å². The molecule has 0 aliphatic carbocycles. The molecule has 3 atom stereocenters. The molecule has 138 valence electrons. The summed E-state index contributed by atoms with van der Waals surface area (Å²) in [7, 11) is 0. The maximum atomic E-state index is 10.6. The first-order valence-electron chi connectivity index (χ1n) is 8.39. The molecule has 3 aliphatic rings. The van der Waals surface area contributed by atoms with E-state index < -0.39 is 5.41 Å². The van der Waals surface area contributed by atoms with Crippen molar-refractivity contribution in [1.29, 1.82) is 0 Å². The normalized spacial score (nSPS) is 29.9. The topological polar surface area (TPSA) is 91.6 Å². The third-order valence-corrected chi connectivity index (χ3v) is 3.94. The lowest BCUT2D eigenvalue weighted by molar-refractivity contribution is -0.123. The molecule has 3 aliphatic heterocycles. The van der Waals surface area contributed by atoms with E-state index in [-0.39, 0.29) is 24.9 Å². The monoisotopic (exact) mass is 346 g/mol. The van der Waals surface area contributed by atoms with Crippen molar-refractivity contribution in [2.75, 3.05) is 72.7 Å². The Morgan fingerprint density at radius 1 is 0.750 bits per heavy atom. The van der Waals surface area contributed by atoms with E-state index in [0.29, 0.717) is 46.2 Å². The van der Waals surface area contributed by atoms with E-state index in [4.69, 9.17) is 33.2 Å². The van der Waals surface area contributed by atoms with Gasteiger partial charge in [0.15, 0.2) is 0 Å². The Bertz CT molecular complexity index is 333. The Balaban J connectivity index is 1.48. The van der Waals surface area contributed by atoms with Crippen LogP contribution in [0.3, 0.4) is 0 Å². The van der Waals surface area contributed by atoms with Gasteiger partial charge in [0.2, 0.25) is 0 Å². The van der Waals surface area contributed by atoms with Crippen LogP contribution in [0.4, 0.5) is 0 Å². The van der Waals surface area contributed by atoms with E-state index in [2.05, 4.69) is 0 Å². The second-order valence-corrected chi connectivity index (χ2v) is 6.59. The molecule has 0 radical (unpaired) electrons. The number of epoxide rings is 3. The summed E-state index contributed by atoms with van der Waals surface area (Å²) in [6.45, 7) is 5.53. The molecule has 3 unspecified atom stereocenters. The van der Waals surface area contributed by atoms with Crippen molar-refractivity contribution in [1.82, 2.24) is 0 Å². The van der Waals surface area contributed by atoms with Gasteiger partial charge in [0.05, 0.1) is 71.5 Å². The molecule has 8 heteroatoms. The summed E-state index contributed by atoms with van der Waals surface area (Å²) >= 11 is 0. The Morgan fingerprint density at radius 2 is 1.12 bits per heavy atom. The van der Waals surface area contributed by atoms with Crippen molar-refractivity contribution < 1.29 is 38.0 Å². The Hall–Kier alpha value is -0.610. The minimum absolute atomic E-state index is 0.0466. The minimum atomic E-state index is -0.471. The van der Waals surface area contributed by atoms with E-state index in [9.17, 15) is 4.79 Å². The van der Waals surface area contributed by atoms with Gasteiger partial charge in [-0.05, 0) is 0 Å². The summed E-state index contributed by atoms with van der Waals surface area (Å²) in [6, 6.07) is 0. The molecular weight excluding hydrogens is 320 g/mol. The molecule has 0 aromatic heterocycles. The lowest BCUT2D eigenvalue weighted by atomic mass is 9.92. The molecule has 0 amide bonds. The number of ether oxygens (including phenoxy) is 7. The molecule has 0 aromatic rings. The molecule has 24 heavy (non-hydrogen) atoms. The fourth-order valence-electron chi connectivity index (χ4n) is 2.29. The van der Waals surface area contributed by atoms with Crippen molar-refractivity contribution in [2.24, 2.45) is 5.41 Å². The lowest BCUT2D eigenvalue weighted by Crippen LogP contribution is -2.42. The Labute approximate surface area is 141 Å². The van der Waals surface area contributed by atoms with Gasteiger partial charge in [0.25, 0.3) is 0 Å². The Kier molecular flexibility index (Phi) is 6.96. The SMILES string of the molecule is O=CCOCC(COCC1CO1)(COCC1CO1)COCC1CO1. The van der Waals surface area contributed by atoms with Gasteiger partial charge >= 0.3 is 0 Å². The number of carbonyl (C=O) groups is 1. The average Bonchev–Trinajstić information content (AvgIpc) is 3.42.